The topological polar surface area (TPSA) is 17.1 Å². The molecule has 0 saturated heterocycles. The fourth-order valence-corrected chi connectivity index (χ4v) is 0.401. The van der Waals surface area contributed by atoms with E-state index in [-0.39, 0.29) is 0 Å². The van der Waals surface area contributed by atoms with Crippen LogP contribution in [0.1, 0.15) is 0 Å². The van der Waals surface area contributed by atoms with Gasteiger partial charge in [-0.2, -0.15) is 0 Å². The molecule has 0 bridgehead atoms. The highest BCUT2D eigenvalue weighted by molar-refractivity contribution is 6.94. The SMILES string of the molecule is O=C[CH2][Mg][Cl]. The smallest absolute Gasteiger partial charge is 0.345 e. The molecule has 3 heteroatoms. The monoisotopic (exact) mass is 102 g/mol. The maximum absolute atomic E-state index is 9.36. The van der Waals surface area contributed by atoms with Crippen LogP contribution in [0.5, 0.6) is 0 Å². The van der Waals surface area contributed by atoms with Gasteiger partial charge in [-0.15, -0.1) is 0 Å². The van der Waals surface area contributed by atoms with Gasteiger partial charge in [0.25, 0.3) is 0 Å². The van der Waals surface area contributed by atoms with Crippen molar-refractivity contribution < 1.29 is 4.79 Å². The van der Waals surface area contributed by atoms with Crippen LogP contribution >= 0.6 is 9.07 Å². The van der Waals surface area contributed by atoms with Crippen molar-refractivity contribution in [3.05, 3.63) is 0 Å². The van der Waals surface area contributed by atoms with Crippen molar-refractivity contribution in [2.24, 2.45) is 0 Å². The second-order valence-corrected chi connectivity index (χ2v) is 2.73. The Bertz CT molecular complexity index is 30.8. The Morgan fingerprint density at radius 1 is 2.00 bits per heavy atom. The van der Waals surface area contributed by atoms with Gasteiger partial charge in [0.2, 0.25) is 0 Å². The van der Waals surface area contributed by atoms with E-state index in [1.54, 1.807) is 0 Å². The molecule has 0 aliphatic heterocycles. The number of carbonyl (C=O) groups excluding carboxylic acids is 1. The highest BCUT2D eigenvalue weighted by Crippen LogP contribution is 1.71. The van der Waals surface area contributed by atoms with E-state index in [4.69, 9.17) is 9.07 Å². The number of rotatable bonds is 2. The molecule has 0 atom stereocenters. The van der Waals surface area contributed by atoms with Crippen LogP contribution in [0.3, 0.4) is 0 Å². The van der Waals surface area contributed by atoms with Crippen molar-refractivity contribution >= 4 is 34.6 Å². The maximum atomic E-state index is 9.36. The summed E-state index contributed by atoms with van der Waals surface area (Å²) < 4.78 is 0.613. The molecule has 0 aliphatic carbocycles. The van der Waals surface area contributed by atoms with Crippen molar-refractivity contribution in [1.29, 1.82) is 0 Å². The highest BCUT2D eigenvalue weighted by Gasteiger charge is 1.81. The number of hydrogen-bond donors (Lipinski definition) is 0. The van der Waals surface area contributed by atoms with Gasteiger partial charge in [-0.25, -0.2) is 0 Å². The van der Waals surface area contributed by atoms with Crippen LogP contribution < -0.4 is 0 Å². The molecule has 0 aromatic rings. The van der Waals surface area contributed by atoms with Gasteiger partial charge in [-0.1, -0.05) is 4.55 Å². The summed E-state index contributed by atoms with van der Waals surface area (Å²) in [4.78, 5) is 9.36. The van der Waals surface area contributed by atoms with E-state index in [0.717, 1.165) is 6.29 Å². The molecule has 0 fully saturated rings. The molecule has 0 unspecified atom stereocenters. The summed E-state index contributed by atoms with van der Waals surface area (Å²) >= 11 is -0.482. The van der Waals surface area contributed by atoms with E-state index in [1.807, 2.05) is 0 Å². The number of carbonyl (C=O) groups is 1. The number of halogens is 1. The van der Waals surface area contributed by atoms with Gasteiger partial charge in [0.05, 0.1) is 6.29 Å². The predicted octanol–water partition coefficient (Wildman–Crippen LogP) is 0.462. The summed E-state index contributed by atoms with van der Waals surface area (Å²) in [5.74, 6) is 0. The first-order valence-electron chi connectivity index (χ1n) is 1.41. The lowest BCUT2D eigenvalue weighted by molar-refractivity contribution is -0.106. The summed E-state index contributed by atoms with van der Waals surface area (Å²) in [5.41, 5.74) is 0. The van der Waals surface area contributed by atoms with Gasteiger partial charge in [0.15, 0.2) is 0 Å². The van der Waals surface area contributed by atoms with Gasteiger partial charge in [-0.05, 0) is 0 Å². The number of hydrogen-bond acceptors (Lipinski definition) is 1. The second kappa shape index (κ2) is 4.73. The van der Waals surface area contributed by atoms with Crippen LogP contribution in [-0.4, -0.2) is 25.5 Å². The van der Waals surface area contributed by atoms with E-state index in [1.165, 1.54) is 0 Å². The maximum Gasteiger partial charge on any atom is 0.508 e. The Labute approximate surface area is 44.2 Å². The molecular formula is C2H3ClMgO. The average Bonchev–Trinajstić information content (AvgIpc) is 1.41. The fourth-order valence-electron chi connectivity index (χ4n) is 0.0445. The molecule has 0 spiro atoms. The Morgan fingerprint density at radius 2 is 2.60 bits per heavy atom. The Hall–Kier alpha value is 0.726. The van der Waals surface area contributed by atoms with Gasteiger partial charge < -0.3 is 13.9 Å². The predicted molar refractivity (Wildman–Crippen MR) is 22.5 cm³/mol. The third-order valence-corrected chi connectivity index (χ3v) is 1.34. The normalized spacial score (nSPS) is 5.80. The van der Waals surface area contributed by atoms with Crippen LogP contribution in [0.2, 0.25) is 4.55 Å². The minimum atomic E-state index is -0.482. The van der Waals surface area contributed by atoms with Crippen LogP contribution in [-0.2, 0) is 4.79 Å². The Kier molecular flexibility index (Phi) is 5.41. The molecule has 0 saturated carbocycles. The van der Waals surface area contributed by atoms with Crippen LogP contribution in [0.4, 0.5) is 0 Å². The molecule has 26 valence electrons. The summed E-state index contributed by atoms with van der Waals surface area (Å²) in [7, 11) is 5.21. The first kappa shape index (κ1) is 5.73. The van der Waals surface area contributed by atoms with Crippen LogP contribution in [0.25, 0.3) is 0 Å². The van der Waals surface area contributed by atoms with Crippen molar-refractivity contribution in [3.63, 3.8) is 0 Å². The minimum Gasteiger partial charge on any atom is -0.345 e. The molecule has 0 radical (unpaired) electrons. The lowest BCUT2D eigenvalue weighted by Crippen LogP contribution is -1.73. The Balaban J connectivity index is 2.40. The van der Waals surface area contributed by atoms with Crippen molar-refractivity contribution in [2.45, 2.75) is 4.55 Å². The molecule has 0 heterocycles. The largest absolute Gasteiger partial charge is 0.508 e. The average molecular weight is 103 g/mol. The minimum absolute atomic E-state index is 0.482. The van der Waals surface area contributed by atoms with E-state index in [0.29, 0.717) is 4.55 Å². The fraction of sp³-hybridized carbons (Fsp3) is 0.500. The van der Waals surface area contributed by atoms with Crippen molar-refractivity contribution in [3.8, 4) is 0 Å². The van der Waals surface area contributed by atoms with Gasteiger partial charge in [0, 0.05) is 0 Å². The molecule has 0 amide bonds. The molecule has 5 heavy (non-hydrogen) atoms. The zero-order valence-electron chi connectivity index (χ0n) is 2.78. The number of aldehydes is 1. The molecule has 0 aliphatic rings. The third kappa shape index (κ3) is 4.73. The van der Waals surface area contributed by atoms with Gasteiger partial charge in [-0.3, -0.25) is 0 Å². The zero-order valence-corrected chi connectivity index (χ0v) is 4.95. The van der Waals surface area contributed by atoms with Gasteiger partial charge in [0.1, 0.15) is 0 Å². The molecule has 0 aromatic heterocycles. The first-order valence-corrected chi connectivity index (χ1v) is 4.55. The second-order valence-electron chi connectivity index (χ2n) is 0.644. The Morgan fingerprint density at radius 3 is 2.60 bits per heavy atom. The lowest BCUT2D eigenvalue weighted by atomic mass is 10.9. The van der Waals surface area contributed by atoms with Gasteiger partial charge >= 0.3 is 19.3 Å². The van der Waals surface area contributed by atoms with Crippen molar-refractivity contribution in [2.75, 3.05) is 0 Å². The quantitative estimate of drug-likeness (QED) is 0.366. The summed E-state index contributed by atoms with van der Waals surface area (Å²) in [5, 5.41) is 0. The highest BCUT2D eigenvalue weighted by atomic mass is 35.5. The van der Waals surface area contributed by atoms with E-state index in [9.17, 15) is 4.79 Å². The molecule has 1 nitrogen and oxygen atoms in total. The van der Waals surface area contributed by atoms with E-state index in [2.05, 4.69) is 0 Å². The summed E-state index contributed by atoms with van der Waals surface area (Å²) in [6.07, 6.45) is 0.860. The van der Waals surface area contributed by atoms with Crippen LogP contribution in [0, 0.1) is 0 Å². The van der Waals surface area contributed by atoms with E-state index < -0.39 is 19.3 Å². The zero-order chi connectivity index (χ0) is 4.12. The van der Waals surface area contributed by atoms with E-state index >= 15 is 0 Å². The van der Waals surface area contributed by atoms with Crippen molar-refractivity contribution in [1.82, 2.24) is 0 Å². The lowest BCUT2D eigenvalue weighted by Gasteiger charge is -1.60. The summed E-state index contributed by atoms with van der Waals surface area (Å²) in [6.45, 7) is 0. The molecule has 0 N–H and O–H groups in total. The first-order chi connectivity index (χ1) is 2.41. The van der Waals surface area contributed by atoms with Crippen LogP contribution in [0.15, 0.2) is 0 Å². The molecule has 0 rings (SSSR count). The molecule has 0 aromatic carbocycles. The standard InChI is InChI=1S/C2H3O.ClH.Mg/c1-2-3;;/h2H,1H2;1H;/q;;+1/p-1. The summed E-state index contributed by atoms with van der Waals surface area (Å²) in [6, 6.07) is 0. The molecular weight excluding hydrogens is 99.8 g/mol. The third-order valence-electron chi connectivity index (χ3n) is 0.227.